The Kier molecular flexibility index (Phi) is 5.52. The van der Waals surface area contributed by atoms with Gasteiger partial charge in [0.05, 0.1) is 6.33 Å². The molecule has 1 aromatic rings. The number of H-pyrrole nitrogens is 1. The van der Waals surface area contributed by atoms with E-state index < -0.39 is 0 Å². The second kappa shape index (κ2) is 6.97. The molecule has 1 amide bonds. The number of hydrogen-bond donors (Lipinski definition) is 4. The number of carbonyl (C=O) groups excluding carboxylic acids is 1. The second-order valence-electron chi connectivity index (χ2n) is 3.61. The number of aromatic amines is 1. The van der Waals surface area contributed by atoms with Crippen LogP contribution < -0.4 is 5.32 Å². The third-order valence-electron chi connectivity index (χ3n) is 2.28. The van der Waals surface area contributed by atoms with Gasteiger partial charge in [-0.1, -0.05) is 0 Å². The molecule has 16 heavy (non-hydrogen) atoms. The molecule has 4 N–H and O–H groups in total. The molecule has 0 spiro atoms. The van der Waals surface area contributed by atoms with Gasteiger partial charge < -0.3 is 20.5 Å². The maximum absolute atomic E-state index is 11.4. The number of aryl methyl sites for hydroxylation is 1. The van der Waals surface area contributed by atoms with Crippen LogP contribution in [0.3, 0.4) is 0 Å². The Labute approximate surface area is 93.7 Å². The van der Waals surface area contributed by atoms with Crippen molar-refractivity contribution in [2.45, 2.75) is 12.8 Å². The second-order valence-corrected chi connectivity index (χ2v) is 3.61. The molecule has 0 radical (unpaired) electrons. The predicted octanol–water partition coefficient (Wildman–Crippen LogP) is -0.941. The summed E-state index contributed by atoms with van der Waals surface area (Å²) in [4.78, 5) is 18.1. The molecule has 0 fully saturated rings. The van der Waals surface area contributed by atoms with E-state index in [0.717, 1.165) is 5.69 Å². The average Bonchev–Trinajstić information content (AvgIpc) is 2.80. The van der Waals surface area contributed by atoms with E-state index in [1.54, 1.807) is 12.5 Å². The first-order chi connectivity index (χ1) is 7.76. The molecule has 6 nitrogen and oxygen atoms in total. The molecule has 0 unspecified atom stereocenters. The first-order valence-electron chi connectivity index (χ1n) is 5.22. The summed E-state index contributed by atoms with van der Waals surface area (Å²) in [6, 6.07) is 0. The Balaban J connectivity index is 2.16. The number of rotatable bonds is 7. The first kappa shape index (κ1) is 12.7. The fourth-order valence-electron chi connectivity index (χ4n) is 1.20. The summed E-state index contributed by atoms with van der Waals surface area (Å²) in [5.41, 5.74) is 0.913. The highest BCUT2D eigenvalue weighted by atomic mass is 16.3. The van der Waals surface area contributed by atoms with E-state index in [1.165, 1.54) is 0 Å². The van der Waals surface area contributed by atoms with Crippen LogP contribution in [0.4, 0.5) is 0 Å². The van der Waals surface area contributed by atoms with Crippen molar-refractivity contribution in [3.8, 4) is 0 Å². The molecule has 6 heteroatoms. The van der Waals surface area contributed by atoms with Gasteiger partial charge in [-0.3, -0.25) is 4.79 Å². The Morgan fingerprint density at radius 2 is 2.25 bits per heavy atom. The normalized spacial score (nSPS) is 10.7. The van der Waals surface area contributed by atoms with Crippen LogP contribution in [0.1, 0.15) is 12.1 Å². The zero-order valence-electron chi connectivity index (χ0n) is 9.02. The van der Waals surface area contributed by atoms with Gasteiger partial charge in [0, 0.05) is 44.0 Å². The van der Waals surface area contributed by atoms with Gasteiger partial charge in [0.25, 0.3) is 0 Å². The lowest BCUT2D eigenvalue weighted by Crippen LogP contribution is -2.32. The summed E-state index contributed by atoms with van der Waals surface area (Å²) < 4.78 is 0. The number of nitrogens with zero attached hydrogens (tertiary/aromatic N) is 1. The number of imidazole rings is 1. The minimum Gasteiger partial charge on any atom is -0.396 e. The zero-order chi connectivity index (χ0) is 11.8. The van der Waals surface area contributed by atoms with E-state index in [0.29, 0.717) is 19.4 Å². The monoisotopic (exact) mass is 227 g/mol. The lowest BCUT2D eigenvalue weighted by atomic mass is 10.1. The van der Waals surface area contributed by atoms with Crippen LogP contribution in [-0.2, 0) is 11.2 Å². The number of aliphatic hydroxyl groups is 2. The molecule has 1 rings (SSSR count). The average molecular weight is 227 g/mol. The van der Waals surface area contributed by atoms with Gasteiger partial charge in [0.1, 0.15) is 0 Å². The Hall–Kier alpha value is -1.40. The van der Waals surface area contributed by atoms with Crippen molar-refractivity contribution >= 4 is 5.91 Å². The van der Waals surface area contributed by atoms with Gasteiger partial charge in [-0.2, -0.15) is 0 Å². The summed E-state index contributed by atoms with van der Waals surface area (Å²) in [6.07, 6.45) is 4.22. The van der Waals surface area contributed by atoms with Crippen LogP contribution in [0.5, 0.6) is 0 Å². The van der Waals surface area contributed by atoms with Crippen molar-refractivity contribution in [1.29, 1.82) is 0 Å². The summed E-state index contributed by atoms with van der Waals surface area (Å²) >= 11 is 0. The third-order valence-corrected chi connectivity index (χ3v) is 2.28. The van der Waals surface area contributed by atoms with Crippen molar-refractivity contribution in [2.75, 3.05) is 19.8 Å². The maximum atomic E-state index is 11.4. The van der Waals surface area contributed by atoms with E-state index in [2.05, 4.69) is 15.3 Å². The molecular formula is C10H17N3O3. The lowest BCUT2D eigenvalue weighted by molar-refractivity contribution is -0.121. The van der Waals surface area contributed by atoms with Crippen molar-refractivity contribution in [1.82, 2.24) is 15.3 Å². The van der Waals surface area contributed by atoms with E-state index >= 15 is 0 Å². The molecule has 90 valence electrons. The third kappa shape index (κ3) is 4.41. The Bertz CT molecular complexity index is 296. The number of hydrogen-bond acceptors (Lipinski definition) is 4. The topological polar surface area (TPSA) is 98.2 Å². The molecule has 0 aliphatic heterocycles. The van der Waals surface area contributed by atoms with Crippen molar-refractivity contribution in [2.24, 2.45) is 5.92 Å². The van der Waals surface area contributed by atoms with Crippen LogP contribution in [0.25, 0.3) is 0 Å². The van der Waals surface area contributed by atoms with Gasteiger partial charge in [-0.15, -0.1) is 0 Å². The quantitative estimate of drug-likeness (QED) is 0.483. The number of aliphatic hydroxyl groups excluding tert-OH is 2. The number of amides is 1. The molecular weight excluding hydrogens is 210 g/mol. The van der Waals surface area contributed by atoms with Crippen LogP contribution >= 0.6 is 0 Å². The van der Waals surface area contributed by atoms with E-state index in [-0.39, 0.29) is 25.0 Å². The molecule has 0 saturated carbocycles. The largest absolute Gasteiger partial charge is 0.396 e. The molecule has 0 aliphatic rings. The number of aromatic nitrogens is 2. The Morgan fingerprint density at radius 1 is 1.50 bits per heavy atom. The SMILES string of the molecule is O=C(CCc1cnc[nH]1)NCC(CO)CO. The molecule has 0 atom stereocenters. The van der Waals surface area contributed by atoms with Gasteiger partial charge in [0.15, 0.2) is 0 Å². The van der Waals surface area contributed by atoms with Crippen LogP contribution in [0.15, 0.2) is 12.5 Å². The van der Waals surface area contributed by atoms with E-state index in [4.69, 9.17) is 10.2 Å². The van der Waals surface area contributed by atoms with Crippen molar-refractivity contribution in [3.63, 3.8) is 0 Å². The van der Waals surface area contributed by atoms with E-state index in [1.807, 2.05) is 0 Å². The molecule has 0 saturated heterocycles. The molecule has 0 aromatic carbocycles. The maximum Gasteiger partial charge on any atom is 0.220 e. The van der Waals surface area contributed by atoms with Gasteiger partial charge in [-0.05, 0) is 6.42 Å². The van der Waals surface area contributed by atoms with Crippen molar-refractivity contribution < 1.29 is 15.0 Å². The highest BCUT2D eigenvalue weighted by Crippen LogP contribution is 1.97. The van der Waals surface area contributed by atoms with Crippen LogP contribution in [0, 0.1) is 5.92 Å². The minimum atomic E-state index is -0.281. The van der Waals surface area contributed by atoms with Crippen LogP contribution in [-0.4, -0.2) is 45.8 Å². The summed E-state index contributed by atoms with van der Waals surface area (Å²) in [5.74, 6) is -0.377. The minimum absolute atomic E-state index is 0.0958. The smallest absolute Gasteiger partial charge is 0.220 e. The summed E-state index contributed by atoms with van der Waals surface area (Å²) in [5, 5.41) is 20.2. The van der Waals surface area contributed by atoms with Gasteiger partial charge in [0.2, 0.25) is 5.91 Å². The fraction of sp³-hybridized carbons (Fsp3) is 0.600. The zero-order valence-corrected chi connectivity index (χ0v) is 9.02. The lowest BCUT2D eigenvalue weighted by Gasteiger charge is -2.11. The van der Waals surface area contributed by atoms with E-state index in [9.17, 15) is 4.79 Å². The standard InChI is InChI=1S/C10H17N3O3/c14-5-8(6-15)3-12-10(16)2-1-9-4-11-7-13-9/h4,7-8,14-15H,1-3,5-6H2,(H,11,13)(H,12,16). The highest BCUT2D eigenvalue weighted by molar-refractivity contribution is 5.76. The van der Waals surface area contributed by atoms with Crippen LogP contribution in [0.2, 0.25) is 0 Å². The Morgan fingerprint density at radius 3 is 2.81 bits per heavy atom. The van der Waals surface area contributed by atoms with Gasteiger partial charge in [-0.25, -0.2) is 4.98 Å². The van der Waals surface area contributed by atoms with Gasteiger partial charge >= 0.3 is 0 Å². The first-order valence-corrected chi connectivity index (χ1v) is 5.22. The van der Waals surface area contributed by atoms with Crippen molar-refractivity contribution in [3.05, 3.63) is 18.2 Å². The number of nitrogens with one attached hydrogen (secondary N) is 2. The summed E-state index contributed by atoms with van der Waals surface area (Å²) in [6.45, 7) is 0.0451. The molecule has 0 bridgehead atoms. The summed E-state index contributed by atoms with van der Waals surface area (Å²) in [7, 11) is 0. The fourth-order valence-corrected chi connectivity index (χ4v) is 1.20. The molecule has 1 aromatic heterocycles. The highest BCUT2D eigenvalue weighted by Gasteiger charge is 2.08. The predicted molar refractivity (Wildman–Crippen MR) is 57.6 cm³/mol. The molecule has 1 heterocycles. The number of carbonyl (C=O) groups is 1. The molecule has 0 aliphatic carbocycles.